The van der Waals surface area contributed by atoms with Crippen molar-refractivity contribution < 1.29 is 0 Å². The van der Waals surface area contributed by atoms with Gasteiger partial charge in [0.1, 0.15) is 0 Å². The standard InChI is InChI=1S/C15H19Br2N3/c1-4-12-14(17)13(20(3)19-12)9-15(2,18)10-5-7-11(16)8-6-10/h5-8H,4,9,18H2,1-3H3. The molecule has 1 unspecified atom stereocenters. The molecule has 3 nitrogen and oxygen atoms in total. The molecule has 1 atom stereocenters. The molecule has 0 saturated carbocycles. The molecule has 5 heteroatoms. The number of aryl methyl sites for hydroxylation is 2. The van der Waals surface area contributed by atoms with E-state index in [2.05, 4.69) is 62.9 Å². The van der Waals surface area contributed by atoms with E-state index in [0.29, 0.717) is 0 Å². The van der Waals surface area contributed by atoms with E-state index < -0.39 is 5.54 Å². The van der Waals surface area contributed by atoms with E-state index >= 15 is 0 Å². The van der Waals surface area contributed by atoms with E-state index in [4.69, 9.17) is 5.73 Å². The lowest BCUT2D eigenvalue weighted by Gasteiger charge is -2.25. The van der Waals surface area contributed by atoms with Crippen molar-refractivity contribution >= 4 is 31.9 Å². The molecule has 0 fully saturated rings. The maximum Gasteiger partial charge on any atom is 0.0766 e. The molecule has 0 aliphatic carbocycles. The average Bonchev–Trinajstić information content (AvgIpc) is 2.66. The lowest BCUT2D eigenvalue weighted by Crippen LogP contribution is -2.36. The van der Waals surface area contributed by atoms with E-state index in [-0.39, 0.29) is 0 Å². The summed E-state index contributed by atoms with van der Waals surface area (Å²) in [7, 11) is 1.97. The number of nitrogens with zero attached hydrogens (tertiary/aromatic N) is 2. The van der Waals surface area contributed by atoms with E-state index in [1.54, 1.807) is 0 Å². The van der Waals surface area contributed by atoms with Crippen molar-refractivity contribution in [3.05, 3.63) is 50.2 Å². The SMILES string of the molecule is CCc1nn(C)c(CC(C)(N)c2ccc(Br)cc2)c1Br. The first kappa shape index (κ1) is 15.7. The van der Waals surface area contributed by atoms with Crippen LogP contribution in [0.4, 0.5) is 0 Å². The van der Waals surface area contributed by atoms with Crippen LogP contribution in [0.1, 0.15) is 30.8 Å². The number of aromatic nitrogens is 2. The predicted octanol–water partition coefficient (Wildman–Crippen LogP) is 3.92. The Morgan fingerprint density at radius 2 is 1.85 bits per heavy atom. The highest BCUT2D eigenvalue weighted by atomic mass is 79.9. The zero-order valence-corrected chi connectivity index (χ0v) is 15.1. The molecule has 1 aromatic carbocycles. The van der Waals surface area contributed by atoms with Gasteiger partial charge in [-0.3, -0.25) is 4.68 Å². The summed E-state index contributed by atoms with van der Waals surface area (Å²) in [6.45, 7) is 4.16. The fourth-order valence-corrected chi connectivity index (χ4v) is 3.31. The predicted molar refractivity (Wildman–Crippen MR) is 89.7 cm³/mol. The second-order valence-corrected chi connectivity index (χ2v) is 6.99. The molecule has 0 aliphatic heterocycles. The lowest BCUT2D eigenvalue weighted by molar-refractivity contribution is 0.471. The molecule has 1 aromatic heterocycles. The largest absolute Gasteiger partial charge is 0.321 e. The van der Waals surface area contributed by atoms with Crippen LogP contribution in [0.3, 0.4) is 0 Å². The maximum atomic E-state index is 6.53. The third-order valence-electron chi connectivity index (χ3n) is 3.54. The molecule has 0 aliphatic rings. The number of benzene rings is 1. The molecule has 108 valence electrons. The van der Waals surface area contributed by atoms with Crippen LogP contribution >= 0.6 is 31.9 Å². The van der Waals surface area contributed by atoms with Gasteiger partial charge in [0.25, 0.3) is 0 Å². The quantitative estimate of drug-likeness (QED) is 0.844. The molecule has 2 aromatic rings. The van der Waals surface area contributed by atoms with Gasteiger partial charge in [-0.2, -0.15) is 5.10 Å². The van der Waals surface area contributed by atoms with Gasteiger partial charge in [0.2, 0.25) is 0 Å². The zero-order chi connectivity index (χ0) is 14.9. The number of rotatable bonds is 4. The van der Waals surface area contributed by atoms with Crippen LogP contribution in [-0.2, 0) is 25.4 Å². The van der Waals surface area contributed by atoms with Crippen LogP contribution in [0.2, 0.25) is 0 Å². The molecule has 2 rings (SSSR count). The van der Waals surface area contributed by atoms with Crippen LogP contribution < -0.4 is 5.73 Å². The summed E-state index contributed by atoms with van der Waals surface area (Å²) in [4.78, 5) is 0. The molecule has 0 amide bonds. The lowest BCUT2D eigenvalue weighted by atomic mass is 9.88. The maximum absolute atomic E-state index is 6.53. The van der Waals surface area contributed by atoms with Gasteiger partial charge in [0, 0.05) is 23.5 Å². The topological polar surface area (TPSA) is 43.8 Å². The van der Waals surface area contributed by atoms with Gasteiger partial charge in [-0.05, 0) is 47.0 Å². The number of nitrogens with two attached hydrogens (primary N) is 1. The summed E-state index contributed by atoms with van der Waals surface area (Å²) >= 11 is 7.11. The van der Waals surface area contributed by atoms with E-state index in [1.165, 1.54) is 0 Å². The molecule has 0 bridgehead atoms. The minimum absolute atomic E-state index is 0.429. The van der Waals surface area contributed by atoms with Crippen molar-refractivity contribution in [3.8, 4) is 0 Å². The van der Waals surface area contributed by atoms with Crippen molar-refractivity contribution in [2.75, 3.05) is 0 Å². The van der Waals surface area contributed by atoms with Crippen molar-refractivity contribution in [2.24, 2.45) is 12.8 Å². The monoisotopic (exact) mass is 399 g/mol. The van der Waals surface area contributed by atoms with Crippen LogP contribution in [0.25, 0.3) is 0 Å². The summed E-state index contributed by atoms with van der Waals surface area (Å²) < 4.78 is 4.07. The zero-order valence-electron chi connectivity index (χ0n) is 12.0. The number of hydrogen-bond donors (Lipinski definition) is 1. The van der Waals surface area contributed by atoms with E-state index in [0.717, 1.165) is 38.7 Å². The normalized spacial score (nSPS) is 14.3. The Morgan fingerprint density at radius 1 is 1.25 bits per heavy atom. The number of hydrogen-bond acceptors (Lipinski definition) is 2. The smallest absolute Gasteiger partial charge is 0.0766 e. The van der Waals surface area contributed by atoms with Gasteiger partial charge in [0.05, 0.1) is 15.9 Å². The highest BCUT2D eigenvalue weighted by molar-refractivity contribution is 9.10. The van der Waals surface area contributed by atoms with Gasteiger partial charge in [0.15, 0.2) is 0 Å². The van der Waals surface area contributed by atoms with Crippen LogP contribution in [-0.4, -0.2) is 9.78 Å². The average molecular weight is 401 g/mol. The Kier molecular flexibility index (Phi) is 4.72. The van der Waals surface area contributed by atoms with Crippen LogP contribution in [0.5, 0.6) is 0 Å². The Labute approximate surface area is 136 Å². The summed E-state index contributed by atoms with van der Waals surface area (Å²) in [5.41, 5.74) is 9.43. The highest BCUT2D eigenvalue weighted by Gasteiger charge is 2.25. The first-order valence-electron chi connectivity index (χ1n) is 6.60. The molecule has 1 heterocycles. The van der Waals surface area contributed by atoms with Crippen molar-refractivity contribution in [2.45, 2.75) is 32.2 Å². The van der Waals surface area contributed by atoms with E-state index in [9.17, 15) is 0 Å². The van der Waals surface area contributed by atoms with Gasteiger partial charge in [-0.1, -0.05) is 35.0 Å². The van der Waals surface area contributed by atoms with Crippen LogP contribution in [0.15, 0.2) is 33.2 Å². The third kappa shape index (κ3) is 3.15. The second-order valence-electron chi connectivity index (χ2n) is 5.29. The minimum Gasteiger partial charge on any atom is -0.321 e. The summed E-state index contributed by atoms with van der Waals surface area (Å²) in [5.74, 6) is 0. The molecule has 2 N–H and O–H groups in total. The van der Waals surface area contributed by atoms with Crippen molar-refractivity contribution in [1.82, 2.24) is 9.78 Å². The summed E-state index contributed by atoms with van der Waals surface area (Å²) in [6, 6.07) is 8.18. The first-order chi connectivity index (χ1) is 9.35. The highest BCUT2D eigenvalue weighted by Crippen LogP contribution is 2.29. The molecule has 0 saturated heterocycles. The molecule has 0 spiro atoms. The van der Waals surface area contributed by atoms with Gasteiger partial charge in [-0.25, -0.2) is 0 Å². The molecular formula is C15H19Br2N3. The minimum atomic E-state index is -0.429. The summed E-state index contributed by atoms with van der Waals surface area (Å²) in [6.07, 6.45) is 1.65. The summed E-state index contributed by atoms with van der Waals surface area (Å²) in [5, 5.41) is 4.53. The Bertz CT molecular complexity index is 600. The Hall–Kier alpha value is -0.650. The van der Waals surface area contributed by atoms with Gasteiger partial charge >= 0.3 is 0 Å². The third-order valence-corrected chi connectivity index (χ3v) is 4.99. The van der Waals surface area contributed by atoms with E-state index in [1.807, 2.05) is 23.9 Å². The molecule has 20 heavy (non-hydrogen) atoms. The Morgan fingerprint density at radius 3 is 2.35 bits per heavy atom. The molecule has 0 radical (unpaired) electrons. The number of halogens is 2. The first-order valence-corrected chi connectivity index (χ1v) is 8.19. The second kappa shape index (κ2) is 6.00. The van der Waals surface area contributed by atoms with Crippen LogP contribution in [0, 0.1) is 0 Å². The van der Waals surface area contributed by atoms with Crippen molar-refractivity contribution in [3.63, 3.8) is 0 Å². The fourth-order valence-electron chi connectivity index (χ4n) is 2.29. The van der Waals surface area contributed by atoms with Gasteiger partial charge < -0.3 is 5.73 Å². The van der Waals surface area contributed by atoms with Crippen molar-refractivity contribution in [1.29, 1.82) is 0 Å². The van der Waals surface area contributed by atoms with Gasteiger partial charge in [-0.15, -0.1) is 0 Å². The molecular weight excluding hydrogens is 382 g/mol. The fraction of sp³-hybridized carbons (Fsp3) is 0.400. The Balaban J connectivity index is 2.32.